The molecule has 24 heavy (non-hydrogen) atoms. The molecule has 1 aliphatic rings. The molecule has 0 heterocycles. The Morgan fingerprint density at radius 2 is 1.46 bits per heavy atom. The van der Waals surface area contributed by atoms with Crippen LogP contribution >= 0.6 is 0 Å². The molecule has 0 amide bonds. The van der Waals surface area contributed by atoms with Crippen LogP contribution in [-0.2, 0) is 17.9 Å². The smallest absolute Gasteiger partial charge is 0.0720 e. The van der Waals surface area contributed by atoms with E-state index in [1.807, 2.05) is 0 Å². The van der Waals surface area contributed by atoms with Crippen molar-refractivity contribution in [2.75, 3.05) is 13.2 Å². The van der Waals surface area contributed by atoms with E-state index >= 15 is 0 Å². The van der Waals surface area contributed by atoms with Gasteiger partial charge in [0.1, 0.15) is 0 Å². The molecular formula is C21H27NO2. The molecule has 1 fully saturated rings. The minimum atomic E-state index is 0.175. The third-order valence-corrected chi connectivity index (χ3v) is 4.65. The fourth-order valence-corrected chi connectivity index (χ4v) is 3.19. The van der Waals surface area contributed by atoms with Gasteiger partial charge in [-0.25, -0.2) is 0 Å². The van der Waals surface area contributed by atoms with Crippen LogP contribution < -0.4 is 5.32 Å². The van der Waals surface area contributed by atoms with Crippen molar-refractivity contribution in [3.63, 3.8) is 0 Å². The third-order valence-electron chi connectivity index (χ3n) is 4.65. The molecule has 1 saturated carbocycles. The SMILES string of the molecule is OCCNCc1ccc(-c2ccc(COC3CCCC3)cc2)cc1. The molecule has 2 N–H and O–H groups in total. The molecular weight excluding hydrogens is 298 g/mol. The first-order chi connectivity index (χ1) is 11.8. The summed E-state index contributed by atoms with van der Waals surface area (Å²) in [5.74, 6) is 0. The van der Waals surface area contributed by atoms with Crippen molar-refractivity contribution in [1.29, 1.82) is 0 Å². The lowest BCUT2D eigenvalue weighted by Gasteiger charge is -2.11. The highest BCUT2D eigenvalue weighted by Gasteiger charge is 2.15. The average Bonchev–Trinajstić information content (AvgIpc) is 3.15. The van der Waals surface area contributed by atoms with Crippen molar-refractivity contribution in [2.45, 2.75) is 44.9 Å². The molecule has 128 valence electrons. The van der Waals surface area contributed by atoms with E-state index in [1.165, 1.54) is 47.9 Å². The monoisotopic (exact) mass is 325 g/mol. The Balaban J connectivity index is 1.54. The number of nitrogens with one attached hydrogen (secondary N) is 1. The summed E-state index contributed by atoms with van der Waals surface area (Å²) in [6.07, 6.45) is 5.54. The van der Waals surface area contributed by atoms with Crippen LogP contribution in [0.25, 0.3) is 11.1 Å². The van der Waals surface area contributed by atoms with Crippen LogP contribution in [0.5, 0.6) is 0 Å². The lowest BCUT2D eigenvalue weighted by atomic mass is 10.0. The van der Waals surface area contributed by atoms with Crippen molar-refractivity contribution in [1.82, 2.24) is 5.32 Å². The predicted molar refractivity (Wildman–Crippen MR) is 97.7 cm³/mol. The number of hydrogen-bond donors (Lipinski definition) is 2. The first-order valence-electron chi connectivity index (χ1n) is 8.96. The molecule has 3 nitrogen and oxygen atoms in total. The van der Waals surface area contributed by atoms with Gasteiger partial charge in [-0.15, -0.1) is 0 Å². The van der Waals surface area contributed by atoms with Gasteiger partial charge in [-0.3, -0.25) is 0 Å². The molecule has 3 rings (SSSR count). The number of benzene rings is 2. The van der Waals surface area contributed by atoms with Crippen LogP contribution in [0.1, 0.15) is 36.8 Å². The predicted octanol–water partition coefficient (Wildman–Crippen LogP) is 3.89. The largest absolute Gasteiger partial charge is 0.395 e. The fraction of sp³-hybridized carbons (Fsp3) is 0.429. The van der Waals surface area contributed by atoms with E-state index in [9.17, 15) is 0 Å². The molecule has 0 atom stereocenters. The van der Waals surface area contributed by atoms with Gasteiger partial charge in [-0.2, -0.15) is 0 Å². The van der Waals surface area contributed by atoms with Gasteiger partial charge in [-0.05, 0) is 35.1 Å². The van der Waals surface area contributed by atoms with Gasteiger partial charge in [-0.1, -0.05) is 61.4 Å². The van der Waals surface area contributed by atoms with Crippen molar-refractivity contribution < 1.29 is 9.84 Å². The van der Waals surface area contributed by atoms with E-state index in [4.69, 9.17) is 9.84 Å². The van der Waals surface area contributed by atoms with E-state index in [0.29, 0.717) is 12.6 Å². The zero-order chi connectivity index (χ0) is 16.6. The van der Waals surface area contributed by atoms with Crippen molar-refractivity contribution in [3.05, 3.63) is 59.7 Å². The normalized spacial score (nSPS) is 15.0. The Hall–Kier alpha value is -1.68. The van der Waals surface area contributed by atoms with E-state index in [1.54, 1.807) is 0 Å². The van der Waals surface area contributed by atoms with E-state index in [2.05, 4.69) is 53.8 Å². The van der Waals surface area contributed by atoms with Gasteiger partial charge in [0, 0.05) is 13.1 Å². The Kier molecular flexibility index (Phi) is 6.41. The van der Waals surface area contributed by atoms with Crippen LogP contribution in [0.3, 0.4) is 0 Å². The molecule has 1 aliphatic carbocycles. The Morgan fingerprint density at radius 3 is 2.04 bits per heavy atom. The van der Waals surface area contributed by atoms with Crippen molar-refractivity contribution in [2.24, 2.45) is 0 Å². The maximum absolute atomic E-state index is 8.79. The topological polar surface area (TPSA) is 41.5 Å². The van der Waals surface area contributed by atoms with Gasteiger partial charge in [0.15, 0.2) is 0 Å². The number of aliphatic hydroxyl groups excluding tert-OH is 1. The molecule has 2 aromatic rings. The minimum Gasteiger partial charge on any atom is -0.395 e. The first kappa shape index (κ1) is 17.2. The molecule has 3 heteroatoms. The highest BCUT2D eigenvalue weighted by Crippen LogP contribution is 2.24. The molecule has 0 unspecified atom stereocenters. The molecule has 2 aromatic carbocycles. The number of rotatable bonds is 8. The zero-order valence-corrected chi connectivity index (χ0v) is 14.2. The summed E-state index contributed by atoms with van der Waals surface area (Å²) < 4.78 is 5.97. The van der Waals surface area contributed by atoms with Gasteiger partial charge >= 0.3 is 0 Å². The standard InChI is InChI=1S/C21H27NO2/c23-14-13-22-15-17-5-9-19(10-6-17)20-11-7-18(8-12-20)16-24-21-3-1-2-4-21/h5-12,21-23H,1-4,13-16H2. The number of ether oxygens (including phenoxy) is 1. The minimum absolute atomic E-state index is 0.175. The van der Waals surface area contributed by atoms with E-state index in [-0.39, 0.29) is 6.61 Å². The summed E-state index contributed by atoms with van der Waals surface area (Å²) in [7, 11) is 0. The molecule has 0 saturated heterocycles. The summed E-state index contributed by atoms with van der Waals surface area (Å²) in [6.45, 7) is 2.32. The first-order valence-corrected chi connectivity index (χ1v) is 8.96. The molecule has 0 radical (unpaired) electrons. The number of hydrogen-bond acceptors (Lipinski definition) is 3. The second-order valence-corrected chi connectivity index (χ2v) is 6.51. The Morgan fingerprint density at radius 1 is 0.875 bits per heavy atom. The van der Waals surface area contributed by atoms with Gasteiger partial charge in [0.05, 0.1) is 19.3 Å². The summed E-state index contributed by atoms with van der Waals surface area (Å²) in [6, 6.07) is 17.3. The second-order valence-electron chi connectivity index (χ2n) is 6.51. The highest BCUT2D eigenvalue weighted by atomic mass is 16.5. The van der Waals surface area contributed by atoms with Crippen molar-refractivity contribution in [3.8, 4) is 11.1 Å². The molecule has 0 spiro atoms. The van der Waals surface area contributed by atoms with Crippen LogP contribution in [-0.4, -0.2) is 24.4 Å². The molecule has 0 bridgehead atoms. The van der Waals surface area contributed by atoms with Crippen molar-refractivity contribution >= 4 is 0 Å². The van der Waals surface area contributed by atoms with E-state index in [0.717, 1.165) is 13.2 Å². The average molecular weight is 325 g/mol. The third kappa shape index (κ3) is 4.91. The fourth-order valence-electron chi connectivity index (χ4n) is 3.19. The summed E-state index contributed by atoms with van der Waals surface area (Å²) in [5.41, 5.74) is 4.93. The number of aliphatic hydroxyl groups is 1. The van der Waals surface area contributed by atoms with Crippen LogP contribution in [0.15, 0.2) is 48.5 Å². The molecule has 0 aromatic heterocycles. The second kappa shape index (κ2) is 8.97. The van der Waals surface area contributed by atoms with Crippen LogP contribution in [0.4, 0.5) is 0 Å². The van der Waals surface area contributed by atoms with Crippen LogP contribution in [0.2, 0.25) is 0 Å². The lowest BCUT2D eigenvalue weighted by molar-refractivity contribution is 0.0457. The highest BCUT2D eigenvalue weighted by molar-refractivity contribution is 5.63. The maximum atomic E-state index is 8.79. The molecule has 0 aliphatic heterocycles. The van der Waals surface area contributed by atoms with E-state index < -0.39 is 0 Å². The summed E-state index contributed by atoms with van der Waals surface area (Å²) in [5, 5.41) is 12.0. The maximum Gasteiger partial charge on any atom is 0.0720 e. The Labute approximate surface area is 144 Å². The summed E-state index contributed by atoms with van der Waals surface area (Å²) >= 11 is 0. The quantitative estimate of drug-likeness (QED) is 0.723. The zero-order valence-electron chi connectivity index (χ0n) is 14.2. The van der Waals surface area contributed by atoms with Crippen LogP contribution in [0, 0.1) is 0 Å². The lowest BCUT2D eigenvalue weighted by Crippen LogP contribution is -2.17. The Bertz CT molecular complexity index is 601. The van der Waals surface area contributed by atoms with Gasteiger partial charge in [0.25, 0.3) is 0 Å². The summed E-state index contributed by atoms with van der Waals surface area (Å²) in [4.78, 5) is 0. The van der Waals surface area contributed by atoms with Gasteiger partial charge in [0.2, 0.25) is 0 Å². The van der Waals surface area contributed by atoms with Gasteiger partial charge < -0.3 is 15.2 Å².